The smallest absolute Gasteiger partial charge is 0.271 e. The lowest BCUT2D eigenvalue weighted by Crippen LogP contribution is -2.31. The van der Waals surface area contributed by atoms with Crippen molar-refractivity contribution >= 4 is 62.6 Å². The van der Waals surface area contributed by atoms with Crippen molar-refractivity contribution in [3.05, 3.63) is 146 Å². The van der Waals surface area contributed by atoms with Gasteiger partial charge >= 0.3 is 0 Å². The monoisotopic (exact) mass is 678 g/mol. The number of aromatic nitrogens is 1. The van der Waals surface area contributed by atoms with Gasteiger partial charge in [-0.3, -0.25) is 9.10 Å². The van der Waals surface area contributed by atoms with E-state index in [2.05, 4.69) is 10.5 Å². The average molecular weight is 680 g/mol. The molecule has 0 unspecified atom stereocenters. The number of anilines is 1. The number of hydrogen-bond donors (Lipinski definition) is 1. The van der Waals surface area contributed by atoms with Crippen LogP contribution in [-0.2, 0) is 16.6 Å². The molecule has 1 N–H and O–H groups in total. The zero-order valence-electron chi connectivity index (χ0n) is 24.6. The number of sulfonamides is 1. The number of rotatable bonds is 9. The van der Waals surface area contributed by atoms with Crippen LogP contribution < -0.4 is 9.73 Å². The van der Waals surface area contributed by atoms with Crippen molar-refractivity contribution < 1.29 is 13.2 Å². The standard InChI is InChI=1S/C34H29Cl3N4O3S/c1-22-9-14-28(35)18-33(22)40(45(43,44)30-7-5-4-6-8-30)21-25-10-12-26(13-11-25)34(42)39-38-20-27-17-23(2)41(24(27)3)29-15-16-31(36)32(37)19-29/h4-20H,21H2,1-3H3,(H,39,42)/b38-20+. The molecule has 1 amide bonds. The van der Waals surface area contributed by atoms with E-state index in [1.54, 1.807) is 91.1 Å². The Morgan fingerprint density at radius 2 is 1.58 bits per heavy atom. The Hall–Kier alpha value is -4.08. The molecule has 0 aliphatic rings. The zero-order valence-corrected chi connectivity index (χ0v) is 27.7. The molecule has 0 aliphatic carbocycles. The van der Waals surface area contributed by atoms with Crippen LogP contribution in [-0.4, -0.2) is 25.1 Å². The fourth-order valence-corrected chi connectivity index (χ4v) is 6.95. The Morgan fingerprint density at radius 3 is 2.27 bits per heavy atom. The summed E-state index contributed by atoms with van der Waals surface area (Å²) in [6.45, 7) is 5.78. The van der Waals surface area contributed by atoms with Crippen molar-refractivity contribution in [3.8, 4) is 5.69 Å². The highest BCUT2D eigenvalue weighted by Crippen LogP contribution is 2.31. The van der Waals surface area contributed by atoms with E-state index in [9.17, 15) is 13.2 Å². The summed E-state index contributed by atoms with van der Waals surface area (Å²) in [5, 5.41) is 5.53. The first-order valence-corrected chi connectivity index (χ1v) is 16.4. The van der Waals surface area contributed by atoms with E-state index < -0.39 is 15.9 Å². The summed E-state index contributed by atoms with van der Waals surface area (Å²) in [5.41, 5.74) is 8.42. The predicted molar refractivity (Wildman–Crippen MR) is 183 cm³/mol. The minimum Gasteiger partial charge on any atom is -0.318 e. The van der Waals surface area contributed by atoms with Gasteiger partial charge in [0.15, 0.2) is 0 Å². The van der Waals surface area contributed by atoms with Crippen molar-refractivity contribution in [2.24, 2.45) is 5.10 Å². The molecule has 11 heteroatoms. The van der Waals surface area contributed by atoms with Crippen LogP contribution in [0.25, 0.3) is 5.69 Å². The van der Waals surface area contributed by atoms with E-state index in [0.717, 1.165) is 28.2 Å². The molecule has 0 radical (unpaired) electrons. The van der Waals surface area contributed by atoms with Crippen LogP contribution >= 0.6 is 34.8 Å². The fraction of sp³-hybridized carbons (Fsp3) is 0.118. The van der Waals surface area contributed by atoms with Crippen LogP contribution in [0.4, 0.5) is 5.69 Å². The van der Waals surface area contributed by atoms with E-state index >= 15 is 0 Å². The van der Waals surface area contributed by atoms with Gasteiger partial charge in [0.05, 0.1) is 33.4 Å². The summed E-state index contributed by atoms with van der Waals surface area (Å²) in [6, 6.07) is 27.5. The van der Waals surface area contributed by atoms with Crippen molar-refractivity contribution in [2.45, 2.75) is 32.2 Å². The number of amides is 1. The minimum atomic E-state index is -3.92. The molecular formula is C34H29Cl3N4O3S. The van der Waals surface area contributed by atoms with Gasteiger partial charge in [0.1, 0.15) is 0 Å². The third-order valence-electron chi connectivity index (χ3n) is 7.31. The molecule has 0 bridgehead atoms. The number of aryl methyl sites for hydroxylation is 2. The molecule has 5 aromatic rings. The van der Waals surface area contributed by atoms with Gasteiger partial charge in [-0.1, -0.05) is 71.2 Å². The lowest BCUT2D eigenvalue weighted by atomic mass is 10.1. The van der Waals surface area contributed by atoms with Gasteiger partial charge in [-0.25, -0.2) is 13.8 Å². The van der Waals surface area contributed by atoms with Crippen molar-refractivity contribution in [1.29, 1.82) is 0 Å². The van der Waals surface area contributed by atoms with Crippen LogP contribution in [0.2, 0.25) is 15.1 Å². The number of hydrogen-bond acceptors (Lipinski definition) is 4. The number of carbonyl (C=O) groups is 1. The van der Waals surface area contributed by atoms with E-state index in [1.165, 1.54) is 4.31 Å². The minimum absolute atomic E-state index is 0.0346. The molecule has 0 atom stereocenters. The molecule has 0 saturated heterocycles. The molecule has 1 aromatic heterocycles. The number of carbonyl (C=O) groups excluding carboxylic acids is 1. The lowest BCUT2D eigenvalue weighted by Gasteiger charge is -2.26. The van der Waals surface area contributed by atoms with Gasteiger partial charge in [0.25, 0.3) is 15.9 Å². The first-order chi connectivity index (χ1) is 21.5. The summed E-state index contributed by atoms with van der Waals surface area (Å²) in [4.78, 5) is 13.0. The van der Waals surface area contributed by atoms with Crippen molar-refractivity contribution in [1.82, 2.24) is 9.99 Å². The van der Waals surface area contributed by atoms with Crippen LogP contribution in [0.1, 0.15) is 38.4 Å². The Kier molecular flexibility index (Phi) is 9.70. The Balaban J connectivity index is 1.33. The topological polar surface area (TPSA) is 83.8 Å². The van der Waals surface area contributed by atoms with Crippen molar-refractivity contribution in [2.75, 3.05) is 4.31 Å². The van der Waals surface area contributed by atoms with Crippen LogP contribution in [0.15, 0.2) is 107 Å². The molecule has 0 spiro atoms. The maximum atomic E-state index is 13.8. The molecule has 0 aliphatic heterocycles. The van der Waals surface area contributed by atoms with E-state index in [-0.39, 0.29) is 11.4 Å². The molecule has 0 saturated carbocycles. The predicted octanol–water partition coefficient (Wildman–Crippen LogP) is 8.52. The Bertz CT molecular complexity index is 2010. The third-order valence-corrected chi connectivity index (χ3v) is 10.1. The third kappa shape index (κ3) is 7.10. The van der Waals surface area contributed by atoms with Gasteiger partial charge in [-0.05, 0) is 92.6 Å². The summed E-state index contributed by atoms with van der Waals surface area (Å²) in [6.07, 6.45) is 1.59. The SMILES string of the molecule is Cc1ccc(Cl)cc1N(Cc1ccc(C(=O)N/N=C/c2cc(C)n(-c3ccc(Cl)c(Cl)c3)c2C)cc1)S(=O)(=O)c1ccccc1. The van der Waals surface area contributed by atoms with Crippen LogP contribution in [0.3, 0.4) is 0 Å². The average Bonchev–Trinajstić information content (AvgIpc) is 3.31. The number of halogens is 3. The summed E-state index contributed by atoms with van der Waals surface area (Å²) in [5.74, 6) is -0.407. The highest BCUT2D eigenvalue weighted by atomic mass is 35.5. The Morgan fingerprint density at radius 1 is 0.867 bits per heavy atom. The van der Waals surface area contributed by atoms with Crippen molar-refractivity contribution in [3.63, 3.8) is 0 Å². The molecule has 1 heterocycles. The van der Waals surface area contributed by atoms with Crippen LogP contribution in [0.5, 0.6) is 0 Å². The van der Waals surface area contributed by atoms with Crippen LogP contribution in [0, 0.1) is 20.8 Å². The number of hydrazone groups is 1. The molecular weight excluding hydrogens is 651 g/mol. The summed E-state index contributed by atoms with van der Waals surface area (Å²) < 4.78 is 30.9. The number of benzene rings is 4. The van der Waals surface area contributed by atoms with E-state index in [4.69, 9.17) is 34.8 Å². The van der Waals surface area contributed by atoms with Gasteiger partial charge < -0.3 is 4.57 Å². The quantitative estimate of drug-likeness (QED) is 0.125. The summed E-state index contributed by atoms with van der Waals surface area (Å²) >= 11 is 18.6. The highest BCUT2D eigenvalue weighted by Gasteiger charge is 2.26. The number of nitrogens with one attached hydrogen (secondary N) is 1. The maximum Gasteiger partial charge on any atom is 0.271 e. The van der Waals surface area contributed by atoms with Gasteiger partial charge in [-0.15, -0.1) is 0 Å². The first kappa shape index (κ1) is 32.3. The van der Waals surface area contributed by atoms with Gasteiger partial charge in [0, 0.05) is 33.2 Å². The second kappa shape index (κ2) is 13.5. The molecule has 7 nitrogen and oxygen atoms in total. The second-order valence-corrected chi connectivity index (χ2v) is 13.5. The largest absolute Gasteiger partial charge is 0.318 e. The fourth-order valence-electron chi connectivity index (χ4n) is 4.96. The van der Waals surface area contributed by atoms with E-state index in [1.807, 2.05) is 37.5 Å². The molecule has 0 fully saturated rings. The number of nitrogens with zero attached hydrogens (tertiary/aromatic N) is 3. The molecule has 230 valence electrons. The summed E-state index contributed by atoms with van der Waals surface area (Å²) in [7, 11) is -3.92. The molecule has 4 aromatic carbocycles. The maximum absolute atomic E-state index is 13.8. The van der Waals surface area contributed by atoms with E-state index in [0.29, 0.717) is 31.9 Å². The normalized spacial score (nSPS) is 11.6. The highest BCUT2D eigenvalue weighted by molar-refractivity contribution is 7.92. The molecule has 45 heavy (non-hydrogen) atoms. The lowest BCUT2D eigenvalue weighted by molar-refractivity contribution is 0.0955. The van der Waals surface area contributed by atoms with Gasteiger partial charge in [-0.2, -0.15) is 5.10 Å². The Labute approximate surface area is 277 Å². The first-order valence-electron chi connectivity index (χ1n) is 13.9. The molecule has 5 rings (SSSR count). The zero-order chi connectivity index (χ0) is 32.3. The second-order valence-electron chi connectivity index (χ2n) is 10.4. The van der Waals surface area contributed by atoms with Gasteiger partial charge in [0.2, 0.25) is 0 Å².